The summed E-state index contributed by atoms with van der Waals surface area (Å²) in [7, 11) is 1.41. The van der Waals surface area contributed by atoms with Gasteiger partial charge < -0.3 is 9.64 Å². The van der Waals surface area contributed by atoms with Crippen LogP contribution in [0.15, 0.2) is 24.3 Å². The molecule has 0 N–H and O–H groups in total. The predicted octanol–water partition coefficient (Wildman–Crippen LogP) is 2.72. The maximum Gasteiger partial charge on any atom is 0.573 e. The molecule has 0 aromatic heterocycles. The van der Waals surface area contributed by atoms with Gasteiger partial charge in [0.25, 0.3) is 0 Å². The van der Waals surface area contributed by atoms with Gasteiger partial charge in [0.2, 0.25) is 17.7 Å². The van der Waals surface area contributed by atoms with Crippen molar-refractivity contribution in [2.75, 3.05) is 13.6 Å². The van der Waals surface area contributed by atoms with Gasteiger partial charge in [-0.3, -0.25) is 19.3 Å². The molecule has 6 nitrogen and oxygen atoms in total. The van der Waals surface area contributed by atoms with E-state index in [2.05, 4.69) is 4.74 Å². The highest BCUT2D eigenvalue weighted by atomic mass is 19.4. The number of fused-ring (bicyclic) bond motifs is 1. The van der Waals surface area contributed by atoms with Gasteiger partial charge in [0.15, 0.2) is 0 Å². The van der Waals surface area contributed by atoms with Gasteiger partial charge in [0.1, 0.15) is 12.3 Å². The average Bonchev–Trinajstić information content (AvgIpc) is 2.87. The number of ether oxygens (including phenoxy) is 1. The van der Waals surface area contributed by atoms with Gasteiger partial charge in [-0.05, 0) is 18.9 Å². The highest BCUT2D eigenvalue weighted by Crippen LogP contribution is 2.38. The van der Waals surface area contributed by atoms with Gasteiger partial charge in [0.05, 0.1) is 11.8 Å². The predicted molar refractivity (Wildman–Crippen MR) is 91.8 cm³/mol. The summed E-state index contributed by atoms with van der Waals surface area (Å²) in [6.07, 6.45) is -1.77. The number of likely N-dealkylation sites (tertiary alicyclic amines) is 1. The minimum atomic E-state index is -4.84. The molecule has 2 atom stereocenters. The van der Waals surface area contributed by atoms with Gasteiger partial charge in [-0.15, -0.1) is 13.2 Å². The molecule has 152 valence electrons. The van der Waals surface area contributed by atoms with E-state index < -0.39 is 24.6 Å². The summed E-state index contributed by atoms with van der Waals surface area (Å²) in [5, 5.41) is 0. The van der Waals surface area contributed by atoms with Crippen LogP contribution < -0.4 is 4.74 Å². The number of para-hydroxylation sites is 1. The number of nitrogens with zero attached hydrogens (tertiary/aromatic N) is 2. The fourth-order valence-corrected chi connectivity index (χ4v) is 3.85. The standard InChI is InChI=1S/C19H21F3N2O4/c1-23(10-12-6-2-5-9-15(12)28-19(20,21)22)16(25)11-24-17(26)13-7-3-4-8-14(13)18(24)27/h2,5-6,9,13-14H,3-4,7-8,10-11H2,1H3. The monoisotopic (exact) mass is 398 g/mol. The number of alkyl halides is 3. The number of hydrogen-bond donors (Lipinski definition) is 0. The Morgan fingerprint density at radius 2 is 1.71 bits per heavy atom. The van der Waals surface area contributed by atoms with Crippen molar-refractivity contribution in [2.45, 2.75) is 38.6 Å². The minimum absolute atomic E-state index is 0.145. The molecule has 1 saturated heterocycles. The van der Waals surface area contributed by atoms with Crippen LogP contribution in [0.1, 0.15) is 31.2 Å². The molecule has 3 amide bonds. The first-order chi connectivity index (χ1) is 13.2. The second-order valence-corrected chi connectivity index (χ2v) is 7.17. The highest BCUT2D eigenvalue weighted by molar-refractivity contribution is 6.07. The maximum absolute atomic E-state index is 12.5. The first-order valence-electron chi connectivity index (χ1n) is 9.10. The Labute approximate surface area is 160 Å². The van der Waals surface area contributed by atoms with Crippen LogP contribution in [0.5, 0.6) is 5.75 Å². The molecule has 1 aliphatic carbocycles. The highest BCUT2D eigenvalue weighted by Gasteiger charge is 2.48. The number of likely N-dealkylation sites (N-methyl/N-ethyl adjacent to an activating group) is 1. The van der Waals surface area contributed by atoms with Crippen LogP contribution in [0.4, 0.5) is 13.2 Å². The van der Waals surface area contributed by atoms with Crippen LogP contribution in [-0.4, -0.2) is 47.5 Å². The van der Waals surface area contributed by atoms with Crippen molar-refractivity contribution in [2.24, 2.45) is 11.8 Å². The van der Waals surface area contributed by atoms with E-state index in [9.17, 15) is 27.6 Å². The number of halogens is 3. The summed E-state index contributed by atoms with van der Waals surface area (Å²) in [4.78, 5) is 39.6. The third-order valence-electron chi connectivity index (χ3n) is 5.26. The lowest BCUT2D eigenvalue weighted by atomic mass is 9.81. The Balaban J connectivity index is 1.66. The average molecular weight is 398 g/mol. The van der Waals surface area contributed by atoms with Crippen molar-refractivity contribution >= 4 is 17.7 Å². The zero-order valence-corrected chi connectivity index (χ0v) is 15.4. The molecule has 3 rings (SSSR count). The zero-order valence-electron chi connectivity index (χ0n) is 15.4. The van der Waals surface area contributed by atoms with E-state index in [1.165, 1.54) is 36.2 Å². The summed E-state index contributed by atoms with van der Waals surface area (Å²) in [5.74, 6) is -2.26. The van der Waals surface area contributed by atoms with E-state index >= 15 is 0 Å². The lowest BCUT2D eigenvalue weighted by molar-refractivity contribution is -0.275. The van der Waals surface area contributed by atoms with Crippen molar-refractivity contribution in [3.05, 3.63) is 29.8 Å². The number of rotatable bonds is 5. The van der Waals surface area contributed by atoms with Gasteiger partial charge in [0, 0.05) is 19.2 Å². The van der Waals surface area contributed by atoms with Crippen molar-refractivity contribution in [1.82, 2.24) is 9.80 Å². The van der Waals surface area contributed by atoms with Gasteiger partial charge in [-0.2, -0.15) is 0 Å². The lowest BCUT2D eigenvalue weighted by Crippen LogP contribution is -2.41. The van der Waals surface area contributed by atoms with E-state index in [0.717, 1.165) is 17.7 Å². The van der Waals surface area contributed by atoms with Gasteiger partial charge in [-0.25, -0.2) is 0 Å². The first-order valence-corrected chi connectivity index (χ1v) is 9.10. The summed E-state index contributed by atoms with van der Waals surface area (Å²) in [5.41, 5.74) is 0.170. The number of amides is 3. The largest absolute Gasteiger partial charge is 0.573 e. The normalized spacial score (nSPS) is 22.2. The SMILES string of the molecule is CN(Cc1ccccc1OC(F)(F)F)C(=O)CN1C(=O)C2CCCCC2C1=O. The third kappa shape index (κ3) is 4.28. The van der Waals surface area contributed by atoms with E-state index in [1.807, 2.05) is 0 Å². The molecule has 1 aliphatic heterocycles. The van der Waals surface area contributed by atoms with Crippen molar-refractivity contribution in [3.63, 3.8) is 0 Å². The number of imide groups is 1. The fourth-order valence-electron chi connectivity index (χ4n) is 3.85. The maximum atomic E-state index is 12.5. The molecule has 0 bridgehead atoms. The van der Waals surface area contributed by atoms with Crippen molar-refractivity contribution in [1.29, 1.82) is 0 Å². The quantitative estimate of drug-likeness (QED) is 0.716. The minimum Gasteiger partial charge on any atom is -0.405 e. The number of hydrogen-bond acceptors (Lipinski definition) is 4. The Hall–Kier alpha value is -2.58. The smallest absolute Gasteiger partial charge is 0.405 e. The molecule has 0 spiro atoms. The molecule has 1 aromatic rings. The second-order valence-electron chi connectivity index (χ2n) is 7.17. The lowest BCUT2D eigenvalue weighted by Gasteiger charge is -2.22. The topological polar surface area (TPSA) is 66.9 Å². The Morgan fingerprint density at radius 1 is 1.14 bits per heavy atom. The molecule has 1 saturated carbocycles. The molecular weight excluding hydrogens is 377 g/mol. The van der Waals surface area contributed by atoms with E-state index in [1.54, 1.807) is 0 Å². The van der Waals surface area contributed by atoms with E-state index in [4.69, 9.17) is 0 Å². The van der Waals surface area contributed by atoms with Crippen LogP contribution in [0.3, 0.4) is 0 Å². The number of carbonyl (C=O) groups excluding carboxylic acids is 3. The van der Waals surface area contributed by atoms with Crippen LogP contribution in [0.2, 0.25) is 0 Å². The number of carbonyl (C=O) groups is 3. The molecule has 2 fully saturated rings. The number of benzene rings is 1. The van der Waals surface area contributed by atoms with E-state index in [0.29, 0.717) is 12.8 Å². The van der Waals surface area contributed by atoms with Crippen LogP contribution in [0, 0.1) is 11.8 Å². The molecule has 9 heteroatoms. The van der Waals surface area contributed by atoms with Gasteiger partial charge in [-0.1, -0.05) is 31.0 Å². The fraction of sp³-hybridized carbons (Fsp3) is 0.526. The molecule has 2 unspecified atom stereocenters. The Bertz CT molecular complexity index is 757. The summed E-state index contributed by atoms with van der Waals surface area (Å²) in [6.45, 7) is -0.544. The van der Waals surface area contributed by atoms with Crippen LogP contribution in [0.25, 0.3) is 0 Å². The molecule has 1 heterocycles. The van der Waals surface area contributed by atoms with Crippen molar-refractivity contribution < 1.29 is 32.3 Å². The summed E-state index contributed by atoms with van der Waals surface area (Å²) in [6, 6.07) is 5.52. The zero-order chi connectivity index (χ0) is 20.5. The van der Waals surface area contributed by atoms with Crippen LogP contribution in [-0.2, 0) is 20.9 Å². The first kappa shape index (κ1) is 20.2. The Kier molecular flexibility index (Phi) is 5.62. The van der Waals surface area contributed by atoms with Crippen molar-refractivity contribution in [3.8, 4) is 5.75 Å². The van der Waals surface area contributed by atoms with Gasteiger partial charge >= 0.3 is 6.36 Å². The molecular formula is C19H21F3N2O4. The molecule has 28 heavy (non-hydrogen) atoms. The summed E-state index contributed by atoms with van der Waals surface area (Å²) >= 11 is 0. The molecule has 2 aliphatic rings. The molecule has 0 radical (unpaired) electrons. The Morgan fingerprint density at radius 3 is 2.29 bits per heavy atom. The van der Waals surface area contributed by atoms with E-state index in [-0.39, 0.29) is 35.8 Å². The molecule has 1 aromatic carbocycles. The van der Waals surface area contributed by atoms with Crippen LogP contribution >= 0.6 is 0 Å². The third-order valence-corrected chi connectivity index (χ3v) is 5.26. The summed E-state index contributed by atoms with van der Waals surface area (Å²) < 4.78 is 41.6. The second kappa shape index (κ2) is 7.81.